The van der Waals surface area contributed by atoms with Crippen LogP contribution in [-0.2, 0) is 9.59 Å². The summed E-state index contributed by atoms with van der Waals surface area (Å²) in [5.41, 5.74) is 0.788. The molecule has 150 valence electrons. The van der Waals surface area contributed by atoms with Crippen LogP contribution in [0.15, 0.2) is 47.1 Å². The Morgan fingerprint density at radius 1 is 1.00 bits per heavy atom. The second-order valence-corrected chi connectivity index (χ2v) is 6.92. The van der Waals surface area contributed by atoms with Gasteiger partial charge in [0.05, 0.1) is 23.9 Å². The number of nitrogens with one attached hydrogen (secondary N) is 2. The molecule has 29 heavy (non-hydrogen) atoms. The van der Waals surface area contributed by atoms with Crippen LogP contribution in [0.3, 0.4) is 0 Å². The Labute approximate surface area is 166 Å². The molecule has 0 spiro atoms. The van der Waals surface area contributed by atoms with E-state index in [1.54, 1.807) is 46.2 Å². The van der Waals surface area contributed by atoms with Crippen molar-refractivity contribution in [2.75, 3.05) is 31.5 Å². The van der Waals surface area contributed by atoms with Crippen LogP contribution in [0.1, 0.15) is 27.3 Å². The summed E-state index contributed by atoms with van der Waals surface area (Å²) in [5.74, 6) is -1.02. The fourth-order valence-corrected chi connectivity index (χ4v) is 3.47. The van der Waals surface area contributed by atoms with E-state index in [1.807, 2.05) is 0 Å². The molecular weight excluding hydrogens is 376 g/mol. The van der Waals surface area contributed by atoms with Gasteiger partial charge in [-0.2, -0.15) is 0 Å². The second kappa shape index (κ2) is 7.78. The predicted molar refractivity (Wildman–Crippen MR) is 102 cm³/mol. The van der Waals surface area contributed by atoms with Crippen LogP contribution in [0.5, 0.6) is 0 Å². The zero-order valence-electron chi connectivity index (χ0n) is 15.6. The van der Waals surface area contributed by atoms with Crippen LogP contribution in [0.2, 0.25) is 0 Å². The van der Waals surface area contributed by atoms with Gasteiger partial charge in [0.2, 0.25) is 11.8 Å². The Morgan fingerprint density at radius 2 is 1.72 bits per heavy atom. The molecule has 9 nitrogen and oxygen atoms in total. The molecule has 2 aromatic rings. The third-order valence-corrected chi connectivity index (χ3v) is 5.08. The van der Waals surface area contributed by atoms with Gasteiger partial charge in [0, 0.05) is 26.2 Å². The quantitative estimate of drug-likeness (QED) is 0.793. The van der Waals surface area contributed by atoms with Crippen LogP contribution < -0.4 is 10.6 Å². The largest absolute Gasteiger partial charge is 0.459 e. The van der Waals surface area contributed by atoms with E-state index in [4.69, 9.17) is 4.42 Å². The van der Waals surface area contributed by atoms with E-state index >= 15 is 0 Å². The Bertz CT molecular complexity index is 948. The van der Waals surface area contributed by atoms with Gasteiger partial charge in [-0.1, -0.05) is 12.1 Å². The summed E-state index contributed by atoms with van der Waals surface area (Å²) >= 11 is 0. The van der Waals surface area contributed by atoms with Crippen LogP contribution in [-0.4, -0.2) is 65.6 Å². The monoisotopic (exact) mass is 396 g/mol. The first-order valence-corrected chi connectivity index (χ1v) is 9.34. The van der Waals surface area contributed by atoms with E-state index in [-0.39, 0.29) is 24.0 Å². The lowest BCUT2D eigenvalue weighted by Gasteiger charge is -2.34. The molecule has 3 heterocycles. The number of hydrogen-bond donors (Lipinski definition) is 2. The zero-order chi connectivity index (χ0) is 20.4. The topological polar surface area (TPSA) is 112 Å². The van der Waals surface area contributed by atoms with Gasteiger partial charge < -0.3 is 24.9 Å². The van der Waals surface area contributed by atoms with Gasteiger partial charge in [-0.3, -0.25) is 19.2 Å². The number of nitrogens with zero attached hydrogens (tertiary/aromatic N) is 2. The maximum absolute atomic E-state index is 12.7. The molecule has 2 N–H and O–H groups in total. The number of anilines is 1. The van der Waals surface area contributed by atoms with Crippen molar-refractivity contribution in [3.63, 3.8) is 0 Å². The minimum absolute atomic E-state index is 0.141. The number of fused-ring (bicyclic) bond motifs is 1. The number of para-hydroxylation sites is 1. The normalized spacial score (nSPS) is 19.1. The summed E-state index contributed by atoms with van der Waals surface area (Å²) in [6.07, 6.45) is 1.30. The molecule has 1 saturated heterocycles. The highest BCUT2D eigenvalue weighted by atomic mass is 16.3. The van der Waals surface area contributed by atoms with Crippen LogP contribution >= 0.6 is 0 Å². The summed E-state index contributed by atoms with van der Waals surface area (Å²) in [7, 11) is 0. The number of furan rings is 1. The minimum Gasteiger partial charge on any atom is -0.459 e. The Hall–Kier alpha value is -3.62. The Balaban J connectivity index is 1.35. The van der Waals surface area contributed by atoms with Crippen molar-refractivity contribution in [2.45, 2.75) is 12.5 Å². The number of benzene rings is 1. The average Bonchev–Trinajstić information content (AvgIpc) is 3.24. The summed E-state index contributed by atoms with van der Waals surface area (Å²) in [6, 6.07) is 8.99. The van der Waals surface area contributed by atoms with Crippen LogP contribution in [0.25, 0.3) is 0 Å². The molecule has 1 atom stereocenters. The first-order chi connectivity index (χ1) is 14.0. The summed E-state index contributed by atoms with van der Waals surface area (Å²) in [4.78, 5) is 53.0. The minimum atomic E-state index is -0.954. The van der Waals surface area contributed by atoms with Gasteiger partial charge >= 0.3 is 0 Å². The van der Waals surface area contributed by atoms with Crippen LogP contribution in [0.4, 0.5) is 5.69 Å². The first kappa shape index (κ1) is 18.7. The number of rotatable bonds is 3. The summed E-state index contributed by atoms with van der Waals surface area (Å²) in [6.45, 7) is 1.46. The molecule has 1 aromatic heterocycles. The van der Waals surface area contributed by atoms with Crippen LogP contribution in [0, 0.1) is 0 Å². The van der Waals surface area contributed by atoms with Gasteiger partial charge in [-0.15, -0.1) is 0 Å². The number of amides is 4. The standard InChI is InChI=1S/C20H20N4O5/c25-17(23-7-9-24(10-8-23)20(28)16-6-3-11-29-16)12-15-19(27)21-14-5-2-1-4-13(14)18(26)22-15/h1-6,11,15H,7-10,12H2,(H,21,27)(H,22,26)/t15-/m0/s1. The number of piperazine rings is 1. The predicted octanol–water partition coefficient (Wildman–Crippen LogP) is 0.705. The fourth-order valence-electron chi connectivity index (χ4n) is 3.47. The number of carbonyl (C=O) groups excluding carboxylic acids is 4. The van der Waals surface area contributed by atoms with Crippen molar-refractivity contribution in [3.8, 4) is 0 Å². The SMILES string of the molecule is O=C1N[C@@H](CC(=O)N2CCN(C(=O)c3ccco3)CC2)C(=O)Nc2ccccc21. The first-order valence-electron chi connectivity index (χ1n) is 9.34. The van der Waals surface area contributed by atoms with Gasteiger partial charge in [0.1, 0.15) is 6.04 Å². The molecule has 2 aliphatic heterocycles. The van der Waals surface area contributed by atoms with Crippen molar-refractivity contribution in [1.82, 2.24) is 15.1 Å². The molecule has 1 fully saturated rings. The molecule has 9 heteroatoms. The molecule has 0 unspecified atom stereocenters. The highest BCUT2D eigenvalue weighted by Crippen LogP contribution is 2.19. The highest BCUT2D eigenvalue weighted by molar-refractivity contribution is 6.10. The highest BCUT2D eigenvalue weighted by Gasteiger charge is 2.32. The molecule has 0 bridgehead atoms. The number of carbonyl (C=O) groups is 4. The summed E-state index contributed by atoms with van der Waals surface area (Å²) < 4.78 is 5.13. The van der Waals surface area contributed by atoms with Crippen molar-refractivity contribution in [3.05, 3.63) is 54.0 Å². The summed E-state index contributed by atoms with van der Waals surface area (Å²) in [5, 5.41) is 5.32. The average molecular weight is 396 g/mol. The lowest BCUT2D eigenvalue weighted by Crippen LogP contribution is -2.52. The molecule has 4 rings (SSSR count). The van der Waals surface area contributed by atoms with E-state index in [0.717, 1.165) is 0 Å². The molecule has 0 aliphatic carbocycles. The zero-order valence-corrected chi connectivity index (χ0v) is 15.6. The molecule has 0 radical (unpaired) electrons. The fraction of sp³-hybridized carbons (Fsp3) is 0.300. The second-order valence-electron chi connectivity index (χ2n) is 6.92. The van der Waals surface area contributed by atoms with E-state index < -0.39 is 17.9 Å². The molecular formula is C20H20N4O5. The maximum Gasteiger partial charge on any atom is 0.289 e. The Kier molecular flexibility index (Phi) is 5.03. The maximum atomic E-state index is 12.7. The molecule has 4 amide bonds. The van der Waals surface area contributed by atoms with E-state index in [1.165, 1.54) is 6.26 Å². The van der Waals surface area contributed by atoms with Crippen molar-refractivity contribution >= 4 is 29.3 Å². The third-order valence-electron chi connectivity index (χ3n) is 5.08. The number of hydrogen-bond acceptors (Lipinski definition) is 5. The van der Waals surface area contributed by atoms with Crippen molar-refractivity contribution in [1.29, 1.82) is 0 Å². The van der Waals surface area contributed by atoms with Gasteiger partial charge in [-0.05, 0) is 24.3 Å². The van der Waals surface area contributed by atoms with E-state index in [2.05, 4.69) is 10.6 Å². The lowest BCUT2D eigenvalue weighted by atomic mass is 10.1. The third kappa shape index (κ3) is 3.84. The van der Waals surface area contributed by atoms with Crippen molar-refractivity contribution in [2.24, 2.45) is 0 Å². The molecule has 2 aliphatic rings. The lowest BCUT2D eigenvalue weighted by molar-refractivity contribution is -0.135. The molecule has 1 aromatic carbocycles. The smallest absolute Gasteiger partial charge is 0.289 e. The van der Waals surface area contributed by atoms with Gasteiger partial charge in [0.15, 0.2) is 5.76 Å². The van der Waals surface area contributed by atoms with Gasteiger partial charge in [0.25, 0.3) is 11.8 Å². The van der Waals surface area contributed by atoms with Crippen molar-refractivity contribution < 1.29 is 23.6 Å². The van der Waals surface area contributed by atoms with Gasteiger partial charge in [-0.25, -0.2) is 0 Å². The van der Waals surface area contributed by atoms with E-state index in [9.17, 15) is 19.2 Å². The molecule has 0 saturated carbocycles. The Morgan fingerprint density at radius 3 is 2.45 bits per heavy atom. The van der Waals surface area contributed by atoms with E-state index in [0.29, 0.717) is 37.4 Å².